The molecule has 11 heteroatoms. The summed E-state index contributed by atoms with van der Waals surface area (Å²) in [7, 11) is 0. The largest absolute Gasteiger partial charge is 0.416 e. The molecule has 1 aliphatic rings. The number of benzene rings is 1. The third-order valence-corrected chi connectivity index (χ3v) is 6.04. The molecule has 0 spiro atoms. The molecule has 1 fully saturated rings. The Balaban J connectivity index is 1.86. The number of alkyl halides is 3. The molecule has 1 saturated carbocycles. The van der Waals surface area contributed by atoms with Gasteiger partial charge in [-0.2, -0.15) is 13.2 Å². The number of hydrogen-bond donors (Lipinski definition) is 2. The summed E-state index contributed by atoms with van der Waals surface area (Å²) in [6, 6.07) is 5.04. The number of aromatic nitrogens is 2. The first-order valence-corrected chi connectivity index (χ1v) is 11.9. The molecule has 1 aliphatic carbocycles. The first-order valence-electron chi connectivity index (χ1n) is 11.9. The van der Waals surface area contributed by atoms with Crippen molar-refractivity contribution in [2.75, 3.05) is 23.7 Å². The van der Waals surface area contributed by atoms with Crippen molar-refractivity contribution in [3.8, 4) is 0 Å². The van der Waals surface area contributed by atoms with Gasteiger partial charge in [-0.05, 0) is 43.4 Å². The van der Waals surface area contributed by atoms with Gasteiger partial charge < -0.3 is 10.6 Å². The van der Waals surface area contributed by atoms with Crippen molar-refractivity contribution in [3.63, 3.8) is 0 Å². The van der Waals surface area contributed by atoms with Crippen molar-refractivity contribution in [2.24, 2.45) is 0 Å². The molecule has 0 unspecified atom stereocenters. The van der Waals surface area contributed by atoms with E-state index in [1.165, 1.54) is 21.6 Å². The lowest BCUT2D eigenvalue weighted by Gasteiger charge is -2.28. The van der Waals surface area contributed by atoms with Crippen molar-refractivity contribution in [1.82, 2.24) is 14.5 Å². The van der Waals surface area contributed by atoms with Gasteiger partial charge in [-0.15, -0.1) is 0 Å². The van der Waals surface area contributed by atoms with Crippen LogP contribution in [0.2, 0.25) is 0 Å². The number of nitrogen functional groups attached to an aromatic ring is 1. The Morgan fingerprint density at radius 1 is 1.14 bits per heavy atom. The highest BCUT2D eigenvalue weighted by Gasteiger charge is 2.34. The highest BCUT2D eigenvalue weighted by atomic mass is 19.4. The number of nitrogens with zero attached hydrogens (tertiary/aromatic N) is 3. The fourth-order valence-corrected chi connectivity index (χ4v) is 4.01. The van der Waals surface area contributed by atoms with E-state index in [0.717, 1.165) is 31.4 Å². The van der Waals surface area contributed by atoms with Gasteiger partial charge in [-0.3, -0.25) is 24.0 Å². The van der Waals surface area contributed by atoms with E-state index in [1.807, 2.05) is 18.7 Å². The summed E-state index contributed by atoms with van der Waals surface area (Å²) < 4.78 is 39.9. The monoisotopic (exact) mass is 495 g/mol. The Hall–Kier alpha value is -3.08. The third kappa shape index (κ3) is 6.53. The Morgan fingerprint density at radius 3 is 2.34 bits per heavy atom. The fourth-order valence-electron chi connectivity index (χ4n) is 4.01. The maximum absolute atomic E-state index is 13.5. The molecule has 35 heavy (non-hydrogen) atoms. The van der Waals surface area contributed by atoms with Crippen molar-refractivity contribution >= 4 is 17.4 Å². The molecule has 2 aromatic rings. The molecular formula is C24H32F3N5O3. The van der Waals surface area contributed by atoms with Gasteiger partial charge in [0.15, 0.2) is 5.69 Å². The summed E-state index contributed by atoms with van der Waals surface area (Å²) >= 11 is 0. The van der Waals surface area contributed by atoms with E-state index in [4.69, 9.17) is 5.73 Å². The molecule has 0 saturated heterocycles. The normalized spacial score (nSPS) is 13.9. The van der Waals surface area contributed by atoms with E-state index >= 15 is 0 Å². The quantitative estimate of drug-likeness (QED) is 0.498. The lowest BCUT2D eigenvalue weighted by molar-refractivity contribution is -0.137. The number of aromatic amines is 1. The Morgan fingerprint density at radius 2 is 1.80 bits per heavy atom. The number of halogens is 3. The van der Waals surface area contributed by atoms with E-state index in [2.05, 4.69) is 4.98 Å². The number of hydrogen-bond acceptors (Lipinski definition) is 5. The molecule has 1 amide bonds. The standard InChI is InChI=1S/C24H32F3N5O3/c1-3-5-13-31(20-21(28)32(12-4-2)23(35)29-22(20)34)19(33)15-30(18-10-11-18)14-16-6-8-17(9-7-16)24(25,26)27/h6-9,18H,3-5,10-15,28H2,1-2H3,(H,29,34,35). The fraction of sp³-hybridized carbons (Fsp3) is 0.542. The van der Waals surface area contributed by atoms with Crippen LogP contribution in [0.15, 0.2) is 33.9 Å². The van der Waals surface area contributed by atoms with Gasteiger partial charge in [-0.25, -0.2) is 4.79 Å². The second-order valence-corrected chi connectivity index (χ2v) is 8.87. The summed E-state index contributed by atoms with van der Waals surface area (Å²) in [5.41, 5.74) is 4.76. The minimum Gasteiger partial charge on any atom is -0.383 e. The second-order valence-electron chi connectivity index (χ2n) is 8.87. The van der Waals surface area contributed by atoms with Crippen LogP contribution in [-0.2, 0) is 24.1 Å². The maximum atomic E-state index is 13.5. The number of unbranched alkanes of at least 4 members (excludes halogenated alkanes) is 1. The molecule has 0 bridgehead atoms. The van der Waals surface area contributed by atoms with Gasteiger partial charge in [0.2, 0.25) is 5.91 Å². The van der Waals surface area contributed by atoms with Crippen LogP contribution in [0, 0.1) is 0 Å². The van der Waals surface area contributed by atoms with Crippen molar-refractivity contribution in [3.05, 3.63) is 56.2 Å². The molecule has 8 nitrogen and oxygen atoms in total. The van der Waals surface area contributed by atoms with Crippen LogP contribution in [0.5, 0.6) is 0 Å². The van der Waals surface area contributed by atoms with E-state index < -0.39 is 23.0 Å². The van der Waals surface area contributed by atoms with Crippen LogP contribution in [-0.4, -0.2) is 39.5 Å². The van der Waals surface area contributed by atoms with Crippen LogP contribution >= 0.6 is 0 Å². The third-order valence-electron chi connectivity index (χ3n) is 6.04. The Labute approximate surface area is 201 Å². The minimum absolute atomic E-state index is 0.0266. The number of nitrogens with one attached hydrogen (secondary N) is 1. The van der Waals surface area contributed by atoms with Crippen LogP contribution in [0.4, 0.5) is 24.7 Å². The lowest BCUT2D eigenvalue weighted by Crippen LogP contribution is -2.46. The number of amides is 1. The Kier molecular flexibility index (Phi) is 8.42. The van der Waals surface area contributed by atoms with Gasteiger partial charge >= 0.3 is 11.9 Å². The number of anilines is 2. The van der Waals surface area contributed by atoms with Gasteiger partial charge in [0.25, 0.3) is 5.56 Å². The molecule has 3 rings (SSSR count). The molecule has 1 aromatic heterocycles. The van der Waals surface area contributed by atoms with Crippen molar-refractivity contribution in [1.29, 1.82) is 0 Å². The van der Waals surface area contributed by atoms with Gasteiger partial charge in [0.05, 0.1) is 12.1 Å². The Bertz CT molecular complexity index is 1140. The smallest absolute Gasteiger partial charge is 0.383 e. The minimum atomic E-state index is -4.41. The van der Waals surface area contributed by atoms with Crippen molar-refractivity contribution in [2.45, 2.75) is 71.3 Å². The van der Waals surface area contributed by atoms with E-state index in [9.17, 15) is 27.6 Å². The van der Waals surface area contributed by atoms with Crippen LogP contribution in [0.3, 0.4) is 0 Å². The van der Waals surface area contributed by atoms with Crippen LogP contribution in [0.25, 0.3) is 0 Å². The predicted molar refractivity (Wildman–Crippen MR) is 128 cm³/mol. The first-order chi connectivity index (χ1) is 16.6. The first kappa shape index (κ1) is 26.5. The predicted octanol–water partition coefficient (Wildman–Crippen LogP) is 3.35. The molecule has 0 radical (unpaired) electrons. The molecule has 0 aliphatic heterocycles. The maximum Gasteiger partial charge on any atom is 0.416 e. The summed E-state index contributed by atoms with van der Waals surface area (Å²) in [4.78, 5) is 43.9. The molecule has 0 atom stereocenters. The van der Waals surface area contributed by atoms with E-state index in [1.54, 1.807) is 0 Å². The summed E-state index contributed by atoms with van der Waals surface area (Å²) in [5.74, 6) is -0.401. The average molecular weight is 496 g/mol. The number of carbonyl (C=O) groups excluding carboxylic acids is 1. The van der Waals surface area contributed by atoms with Crippen molar-refractivity contribution < 1.29 is 18.0 Å². The van der Waals surface area contributed by atoms with E-state index in [0.29, 0.717) is 31.5 Å². The van der Waals surface area contributed by atoms with Gasteiger partial charge in [0, 0.05) is 25.7 Å². The summed E-state index contributed by atoms with van der Waals surface area (Å²) in [6.07, 6.45) is -0.638. The molecule has 1 aromatic carbocycles. The molecule has 3 N–H and O–H groups in total. The molecule has 192 valence electrons. The van der Waals surface area contributed by atoms with E-state index in [-0.39, 0.29) is 36.5 Å². The lowest BCUT2D eigenvalue weighted by atomic mass is 10.1. The average Bonchev–Trinajstić information content (AvgIpc) is 3.63. The number of rotatable bonds is 11. The van der Waals surface area contributed by atoms with Gasteiger partial charge in [-0.1, -0.05) is 32.4 Å². The number of H-pyrrole nitrogens is 1. The summed E-state index contributed by atoms with van der Waals surface area (Å²) in [5, 5.41) is 0. The highest BCUT2D eigenvalue weighted by molar-refractivity contribution is 5.96. The topological polar surface area (TPSA) is 104 Å². The van der Waals surface area contributed by atoms with Crippen LogP contribution in [0.1, 0.15) is 57.1 Å². The zero-order valence-corrected chi connectivity index (χ0v) is 20.0. The highest BCUT2D eigenvalue weighted by Crippen LogP contribution is 2.31. The second kappa shape index (κ2) is 11.1. The van der Waals surface area contributed by atoms with Crippen LogP contribution < -0.4 is 21.9 Å². The zero-order chi connectivity index (χ0) is 25.8. The van der Waals surface area contributed by atoms with Gasteiger partial charge in [0.1, 0.15) is 5.82 Å². The molecule has 1 heterocycles. The summed E-state index contributed by atoms with van der Waals surface area (Å²) in [6.45, 7) is 4.65. The zero-order valence-electron chi connectivity index (χ0n) is 20.0. The number of nitrogens with two attached hydrogens (primary N) is 1. The molecular weight excluding hydrogens is 463 g/mol. The number of carbonyl (C=O) groups is 1. The SMILES string of the molecule is CCCCN(C(=O)CN(Cc1ccc(C(F)(F)F)cc1)C1CC1)c1c(N)n(CCC)c(=O)[nH]c1=O.